The largest absolute Gasteiger partial charge is 0.392 e. The molecule has 1 amide bonds. The second-order valence-corrected chi connectivity index (χ2v) is 6.75. The number of thioether (sulfide) groups is 1. The summed E-state index contributed by atoms with van der Waals surface area (Å²) >= 11 is 6.78. The fourth-order valence-electron chi connectivity index (χ4n) is 1.57. The Morgan fingerprint density at radius 3 is 2.12 bits per heavy atom. The van der Waals surface area contributed by atoms with Gasteiger partial charge in [-0.2, -0.15) is 11.8 Å². The van der Waals surface area contributed by atoms with Gasteiger partial charge in [0, 0.05) is 11.3 Å². The van der Waals surface area contributed by atoms with E-state index in [1.54, 1.807) is 11.8 Å². The smallest absolute Gasteiger partial charge is 0.233 e. The van der Waals surface area contributed by atoms with Crippen LogP contribution in [0.3, 0.4) is 0 Å². The van der Waals surface area contributed by atoms with Gasteiger partial charge in [-0.05, 0) is 32.9 Å². The first kappa shape index (κ1) is 16.7. The first-order valence-electron chi connectivity index (χ1n) is 5.89. The molecule has 0 atom stereocenters. The zero-order valence-corrected chi connectivity index (χ0v) is 13.1. The van der Waals surface area contributed by atoms with Crippen molar-refractivity contribution in [2.45, 2.75) is 45.3 Å². The lowest BCUT2D eigenvalue weighted by atomic mass is 9.81. The van der Waals surface area contributed by atoms with E-state index in [0.717, 1.165) is 0 Å². The monoisotopic (exact) mass is 276 g/mol. The molecule has 0 saturated carbocycles. The fourth-order valence-corrected chi connectivity index (χ4v) is 2.16. The first-order valence-corrected chi connectivity index (χ1v) is 7.52. The van der Waals surface area contributed by atoms with E-state index in [9.17, 15) is 4.79 Å². The van der Waals surface area contributed by atoms with Crippen molar-refractivity contribution in [3.63, 3.8) is 0 Å². The summed E-state index contributed by atoms with van der Waals surface area (Å²) in [6, 6.07) is 0. The van der Waals surface area contributed by atoms with E-state index >= 15 is 0 Å². The number of hydrogen-bond acceptors (Lipinski definition) is 3. The van der Waals surface area contributed by atoms with Crippen LogP contribution in [0.25, 0.3) is 0 Å². The van der Waals surface area contributed by atoms with Gasteiger partial charge < -0.3 is 11.1 Å². The number of carbonyl (C=O) groups is 1. The van der Waals surface area contributed by atoms with Crippen LogP contribution in [0.2, 0.25) is 0 Å². The SMILES string of the molecule is CCC(CC)(C(=O)NCC(C)(C)SC)C(N)=S. The van der Waals surface area contributed by atoms with Crippen LogP contribution in [0, 0.1) is 5.41 Å². The quantitative estimate of drug-likeness (QED) is 0.701. The van der Waals surface area contributed by atoms with Gasteiger partial charge in [0.15, 0.2) is 0 Å². The molecule has 0 heterocycles. The molecule has 0 aliphatic rings. The van der Waals surface area contributed by atoms with Gasteiger partial charge >= 0.3 is 0 Å². The van der Waals surface area contributed by atoms with Crippen molar-refractivity contribution >= 4 is 34.9 Å². The molecule has 3 N–H and O–H groups in total. The minimum Gasteiger partial charge on any atom is -0.392 e. The second kappa shape index (κ2) is 6.59. The van der Waals surface area contributed by atoms with Crippen molar-refractivity contribution in [1.29, 1.82) is 0 Å². The maximum atomic E-state index is 12.2. The Balaban J connectivity index is 4.72. The van der Waals surface area contributed by atoms with Crippen LogP contribution >= 0.6 is 24.0 Å². The molecule has 0 aliphatic heterocycles. The van der Waals surface area contributed by atoms with E-state index in [-0.39, 0.29) is 10.7 Å². The molecule has 100 valence electrons. The number of thiocarbonyl (C=S) groups is 1. The van der Waals surface area contributed by atoms with Crippen LogP contribution in [0.15, 0.2) is 0 Å². The normalized spacial score (nSPS) is 12.3. The van der Waals surface area contributed by atoms with Crippen LogP contribution in [-0.2, 0) is 4.79 Å². The summed E-state index contributed by atoms with van der Waals surface area (Å²) in [5.74, 6) is -0.0443. The predicted molar refractivity (Wildman–Crippen MR) is 80.4 cm³/mol. The number of nitrogens with two attached hydrogens (primary N) is 1. The zero-order chi connectivity index (χ0) is 13.7. The first-order chi connectivity index (χ1) is 7.75. The lowest BCUT2D eigenvalue weighted by molar-refractivity contribution is -0.127. The third-order valence-corrected chi connectivity index (χ3v) is 4.98. The molecule has 0 unspecified atom stereocenters. The van der Waals surface area contributed by atoms with Crippen molar-refractivity contribution < 1.29 is 4.79 Å². The van der Waals surface area contributed by atoms with Crippen molar-refractivity contribution in [3.05, 3.63) is 0 Å². The number of nitrogens with one attached hydrogen (secondary N) is 1. The van der Waals surface area contributed by atoms with Crippen LogP contribution in [0.4, 0.5) is 0 Å². The van der Waals surface area contributed by atoms with Crippen molar-refractivity contribution in [3.8, 4) is 0 Å². The lowest BCUT2D eigenvalue weighted by Gasteiger charge is -2.31. The minimum atomic E-state index is -0.691. The molecule has 0 aromatic carbocycles. The molecule has 0 aromatic rings. The Morgan fingerprint density at radius 2 is 1.82 bits per heavy atom. The molecule has 0 bridgehead atoms. The highest BCUT2D eigenvalue weighted by Gasteiger charge is 2.38. The third-order valence-electron chi connectivity index (χ3n) is 3.34. The number of carbonyl (C=O) groups excluding carboxylic acids is 1. The lowest BCUT2D eigenvalue weighted by Crippen LogP contribution is -2.50. The highest BCUT2D eigenvalue weighted by atomic mass is 32.2. The molecule has 3 nitrogen and oxygen atoms in total. The second-order valence-electron chi connectivity index (χ2n) is 4.80. The van der Waals surface area contributed by atoms with E-state index in [1.165, 1.54) is 0 Å². The molecular weight excluding hydrogens is 252 g/mol. The maximum Gasteiger partial charge on any atom is 0.233 e. The molecule has 0 aliphatic carbocycles. The molecule has 5 heteroatoms. The predicted octanol–water partition coefficient (Wildman–Crippen LogP) is 2.34. The van der Waals surface area contributed by atoms with Crippen LogP contribution in [0.5, 0.6) is 0 Å². The van der Waals surface area contributed by atoms with Gasteiger partial charge in [-0.1, -0.05) is 26.1 Å². The Kier molecular flexibility index (Phi) is 6.48. The fraction of sp³-hybridized carbons (Fsp3) is 0.833. The number of hydrogen-bond donors (Lipinski definition) is 2. The summed E-state index contributed by atoms with van der Waals surface area (Å²) in [6.07, 6.45) is 3.32. The van der Waals surface area contributed by atoms with Gasteiger partial charge in [-0.25, -0.2) is 0 Å². The summed E-state index contributed by atoms with van der Waals surface area (Å²) in [4.78, 5) is 12.5. The van der Waals surface area contributed by atoms with Crippen molar-refractivity contribution in [2.75, 3.05) is 12.8 Å². The van der Waals surface area contributed by atoms with Crippen LogP contribution < -0.4 is 11.1 Å². The van der Waals surface area contributed by atoms with Gasteiger partial charge in [0.05, 0.1) is 10.4 Å². The Bertz CT molecular complexity index is 286. The Labute approximate surface area is 114 Å². The van der Waals surface area contributed by atoms with Crippen molar-refractivity contribution in [2.24, 2.45) is 11.1 Å². The number of amides is 1. The van der Waals surface area contributed by atoms with E-state index in [1.807, 2.05) is 20.1 Å². The molecule has 0 spiro atoms. The van der Waals surface area contributed by atoms with E-state index in [2.05, 4.69) is 19.2 Å². The maximum absolute atomic E-state index is 12.2. The third kappa shape index (κ3) is 4.14. The van der Waals surface area contributed by atoms with Gasteiger partial charge in [-0.15, -0.1) is 0 Å². The summed E-state index contributed by atoms with van der Waals surface area (Å²) in [7, 11) is 0. The van der Waals surface area contributed by atoms with E-state index < -0.39 is 5.41 Å². The van der Waals surface area contributed by atoms with E-state index in [0.29, 0.717) is 24.4 Å². The Morgan fingerprint density at radius 1 is 1.35 bits per heavy atom. The van der Waals surface area contributed by atoms with Crippen molar-refractivity contribution in [1.82, 2.24) is 5.32 Å². The Hall–Kier alpha value is -0.290. The summed E-state index contributed by atoms with van der Waals surface area (Å²) in [6.45, 7) is 8.71. The average Bonchev–Trinajstić information content (AvgIpc) is 2.28. The van der Waals surface area contributed by atoms with Gasteiger partial charge in [0.25, 0.3) is 0 Å². The summed E-state index contributed by atoms with van der Waals surface area (Å²) < 4.78 is 0.0269. The van der Waals surface area contributed by atoms with Crippen LogP contribution in [-0.4, -0.2) is 28.4 Å². The van der Waals surface area contributed by atoms with Crippen LogP contribution in [0.1, 0.15) is 40.5 Å². The zero-order valence-electron chi connectivity index (χ0n) is 11.4. The molecule has 0 fully saturated rings. The topological polar surface area (TPSA) is 55.1 Å². The standard InChI is InChI=1S/C12H24N2OS2/c1-6-12(7-2,9(13)16)10(15)14-8-11(3,4)17-5/h6-8H2,1-5H3,(H2,13,16)(H,14,15). The highest BCUT2D eigenvalue weighted by molar-refractivity contribution is 7.99. The van der Waals surface area contributed by atoms with Gasteiger partial charge in [0.2, 0.25) is 5.91 Å². The molecule has 17 heavy (non-hydrogen) atoms. The van der Waals surface area contributed by atoms with E-state index in [4.69, 9.17) is 18.0 Å². The molecule has 0 rings (SSSR count). The van der Waals surface area contributed by atoms with Gasteiger partial charge in [0.1, 0.15) is 0 Å². The molecule has 0 radical (unpaired) electrons. The molecular formula is C12H24N2OS2. The average molecular weight is 276 g/mol. The minimum absolute atomic E-state index is 0.0269. The number of rotatable bonds is 7. The van der Waals surface area contributed by atoms with Gasteiger partial charge in [-0.3, -0.25) is 4.79 Å². The highest BCUT2D eigenvalue weighted by Crippen LogP contribution is 2.28. The molecule has 0 aromatic heterocycles. The summed E-state index contributed by atoms with van der Waals surface area (Å²) in [5.41, 5.74) is 5.04. The summed E-state index contributed by atoms with van der Waals surface area (Å²) in [5, 5.41) is 2.97. The molecule has 0 saturated heterocycles.